The minimum Gasteiger partial charge on any atom is -0.357 e. The highest BCUT2D eigenvalue weighted by molar-refractivity contribution is 14.0. The molecule has 0 aliphatic carbocycles. The topological polar surface area (TPSA) is 57.5 Å². The number of rotatable bonds is 10. The van der Waals surface area contributed by atoms with Crippen molar-refractivity contribution >= 4 is 29.9 Å². The van der Waals surface area contributed by atoms with Gasteiger partial charge in [-0.1, -0.05) is 30.7 Å². The van der Waals surface area contributed by atoms with Gasteiger partial charge in [0.1, 0.15) is 0 Å². The average molecular weight is 539 g/mol. The van der Waals surface area contributed by atoms with Crippen LogP contribution >= 0.6 is 24.0 Å². The van der Waals surface area contributed by atoms with E-state index in [1.807, 2.05) is 23.1 Å². The number of halogens is 1. The minimum atomic E-state index is 0. The molecule has 1 saturated heterocycles. The summed E-state index contributed by atoms with van der Waals surface area (Å²) in [5, 5.41) is 11.2. The van der Waals surface area contributed by atoms with E-state index in [0.717, 1.165) is 31.6 Å². The number of unbranched alkanes of at least 4 members (excludes halogenated alkanes) is 1. The molecule has 0 spiro atoms. The third-order valence-electron chi connectivity index (χ3n) is 5.87. The molecule has 1 unspecified atom stereocenters. The van der Waals surface area contributed by atoms with Gasteiger partial charge in [0.2, 0.25) is 0 Å². The number of likely N-dealkylation sites (tertiary alicyclic amines) is 1. The standard InChI is InChI=1S/C24H38N6.HI/c1-3-25-24(26-14-7-9-17-29-16-8-6-11-21(29)2)27-19-22-12-4-5-13-23(22)20-30-18-10-15-28-30;/h4-5,10,12-13,15,18,21H,3,6-9,11,14,16-17,19-20H2,1-2H3,(H2,25,26,27);1H. The van der Waals surface area contributed by atoms with Crippen LogP contribution in [-0.4, -0.2) is 52.9 Å². The molecule has 1 aromatic carbocycles. The quantitative estimate of drug-likeness (QED) is 0.206. The summed E-state index contributed by atoms with van der Waals surface area (Å²) in [6, 6.07) is 11.2. The first-order chi connectivity index (χ1) is 14.8. The predicted octanol–water partition coefficient (Wildman–Crippen LogP) is 4.26. The summed E-state index contributed by atoms with van der Waals surface area (Å²) >= 11 is 0. The van der Waals surface area contributed by atoms with Gasteiger partial charge in [-0.25, -0.2) is 4.99 Å². The zero-order valence-electron chi connectivity index (χ0n) is 19.1. The number of hydrogen-bond acceptors (Lipinski definition) is 3. The number of piperidine rings is 1. The molecule has 2 N–H and O–H groups in total. The number of nitrogens with zero attached hydrogens (tertiary/aromatic N) is 4. The van der Waals surface area contributed by atoms with Crippen LogP contribution in [0.1, 0.15) is 57.1 Å². The summed E-state index contributed by atoms with van der Waals surface area (Å²) in [6.07, 6.45) is 10.3. The number of nitrogens with one attached hydrogen (secondary N) is 2. The van der Waals surface area contributed by atoms with E-state index in [4.69, 9.17) is 4.99 Å². The number of aliphatic imine (C=N–C) groups is 1. The van der Waals surface area contributed by atoms with Crippen molar-refractivity contribution < 1.29 is 0 Å². The normalized spacial score (nSPS) is 17.2. The van der Waals surface area contributed by atoms with E-state index < -0.39 is 0 Å². The van der Waals surface area contributed by atoms with Crippen LogP contribution < -0.4 is 10.6 Å². The van der Waals surface area contributed by atoms with E-state index in [0.29, 0.717) is 6.54 Å². The Kier molecular flexibility index (Phi) is 12.0. The average Bonchev–Trinajstić information content (AvgIpc) is 3.27. The zero-order valence-corrected chi connectivity index (χ0v) is 21.4. The predicted molar refractivity (Wildman–Crippen MR) is 140 cm³/mol. The number of hydrogen-bond donors (Lipinski definition) is 2. The Hall–Kier alpha value is -1.61. The largest absolute Gasteiger partial charge is 0.357 e. The van der Waals surface area contributed by atoms with Crippen molar-refractivity contribution in [3.63, 3.8) is 0 Å². The van der Waals surface area contributed by atoms with E-state index in [1.165, 1.54) is 56.3 Å². The fourth-order valence-corrected chi connectivity index (χ4v) is 4.08. The Morgan fingerprint density at radius 2 is 1.97 bits per heavy atom. The summed E-state index contributed by atoms with van der Waals surface area (Å²) in [6.45, 7) is 10.2. The molecule has 1 aromatic heterocycles. The Morgan fingerprint density at radius 1 is 1.13 bits per heavy atom. The first-order valence-electron chi connectivity index (χ1n) is 11.6. The lowest BCUT2D eigenvalue weighted by Crippen LogP contribution is -2.39. The molecule has 1 aliphatic rings. The maximum absolute atomic E-state index is 4.83. The molecule has 1 aliphatic heterocycles. The summed E-state index contributed by atoms with van der Waals surface area (Å²) < 4.78 is 1.95. The molecule has 172 valence electrons. The molecule has 2 aromatic rings. The molecule has 6 nitrogen and oxygen atoms in total. The van der Waals surface area contributed by atoms with Crippen molar-refractivity contribution in [3.8, 4) is 0 Å². The van der Waals surface area contributed by atoms with Gasteiger partial charge in [-0.3, -0.25) is 4.68 Å². The molecule has 31 heavy (non-hydrogen) atoms. The van der Waals surface area contributed by atoms with Crippen LogP contribution in [0.5, 0.6) is 0 Å². The summed E-state index contributed by atoms with van der Waals surface area (Å²) in [5.74, 6) is 0.901. The SMILES string of the molecule is CCNC(=NCc1ccccc1Cn1cccn1)NCCCCN1CCCCC1C.I. The summed E-state index contributed by atoms with van der Waals surface area (Å²) in [4.78, 5) is 7.48. The van der Waals surface area contributed by atoms with Gasteiger partial charge in [-0.15, -0.1) is 24.0 Å². The first kappa shape index (κ1) is 25.6. The molecule has 7 heteroatoms. The monoisotopic (exact) mass is 538 g/mol. The van der Waals surface area contributed by atoms with E-state index in [1.54, 1.807) is 0 Å². The lowest BCUT2D eigenvalue weighted by molar-refractivity contribution is 0.158. The molecule has 1 atom stereocenters. The Labute approximate surface area is 204 Å². The van der Waals surface area contributed by atoms with E-state index >= 15 is 0 Å². The Morgan fingerprint density at radius 3 is 2.71 bits per heavy atom. The second-order valence-corrected chi connectivity index (χ2v) is 8.18. The van der Waals surface area contributed by atoms with Crippen molar-refractivity contribution in [2.45, 2.75) is 65.1 Å². The van der Waals surface area contributed by atoms with Crippen LogP contribution in [0.2, 0.25) is 0 Å². The highest BCUT2D eigenvalue weighted by atomic mass is 127. The molecular weight excluding hydrogens is 499 g/mol. The zero-order chi connectivity index (χ0) is 21.0. The molecule has 1 fully saturated rings. The van der Waals surface area contributed by atoms with E-state index in [9.17, 15) is 0 Å². The van der Waals surface area contributed by atoms with E-state index in [-0.39, 0.29) is 24.0 Å². The molecule has 3 rings (SSSR count). The molecule has 0 amide bonds. The highest BCUT2D eigenvalue weighted by Gasteiger charge is 2.16. The van der Waals surface area contributed by atoms with Crippen LogP contribution in [0.25, 0.3) is 0 Å². The number of benzene rings is 1. The molecule has 0 bridgehead atoms. The van der Waals surface area contributed by atoms with Crippen molar-refractivity contribution in [1.29, 1.82) is 0 Å². The van der Waals surface area contributed by atoms with Gasteiger partial charge in [0.25, 0.3) is 0 Å². The second kappa shape index (κ2) is 14.5. The molecular formula is C24H39IN6. The highest BCUT2D eigenvalue weighted by Crippen LogP contribution is 2.16. The minimum absolute atomic E-state index is 0. The van der Waals surface area contributed by atoms with Gasteiger partial charge in [-0.2, -0.15) is 5.10 Å². The van der Waals surface area contributed by atoms with Crippen molar-refractivity contribution in [2.24, 2.45) is 4.99 Å². The van der Waals surface area contributed by atoms with Gasteiger partial charge < -0.3 is 15.5 Å². The number of guanidine groups is 1. The second-order valence-electron chi connectivity index (χ2n) is 8.18. The van der Waals surface area contributed by atoms with Gasteiger partial charge in [0.05, 0.1) is 13.1 Å². The molecule has 0 saturated carbocycles. The van der Waals surface area contributed by atoms with Crippen molar-refractivity contribution in [3.05, 3.63) is 53.9 Å². The Bertz CT molecular complexity index is 761. The maximum atomic E-state index is 4.83. The third-order valence-corrected chi connectivity index (χ3v) is 5.87. The van der Waals surface area contributed by atoms with Crippen LogP contribution in [0.3, 0.4) is 0 Å². The first-order valence-corrected chi connectivity index (χ1v) is 11.6. The van der Waals surface area contributed by atoms with Gasteiger partial charge in [-0.05, 0) is 69.8 Å². The summed E-state index contributed by atoms with van der Waals surface area (Å²) in [5.41, 5.74) is 2.50. The van der Waals surface area contributed by atoms with Crippen LogP contribution in [0.4, 0.5) is 0 Å². The van der Waals surface area contributed by atoms with Crippen LogP contribution in [-0.2, 0) is 13.1 Å². The van der Waals surface area contributed by atoms with Gasteiger partial charge in [0.15, 0.2) is 5.96 Å². The van der Waals surface area contributed by atoms with Crippen LogP contribution in [0.15, 0.2) is 47.7 Å². The third kappa shape index (κ3) is 8.80. The molecule has 2 heterocycles. The van der Waals surface area contributed by atoms with Gasteiger partial charge >= 0.3 is 0 Å². The maximum Gasteiger partial charge on any atom is 0.191 e. The van der Waals surface area contributed by atoms with E-state index in [2.05, 4.69) is 58.7 Å². The lowest BCUT2D eigenvalue weighted by Gasteiger charge is -2.33. The fraction of sp³-hybridized carbons (Fsp3) is 0.583. The fourth-order valence-electron chi connectivity index (χ4n) is 4.08. The van der Waals surface area contributed by atoms with Crippen molar-refractivity contribution in [2.75, 3.05) is 26.2 Å². The number of aromatic nitrogens is 2. The van der Waals surface area contributed by atoms with Crippen molar-refractivity contribution in [1.82, 2.24) is 25.3 Å². The summed E-state index contributed by atoms with van der Waals surface area (Å²) in [7, 11) is 0. The lowest BCUT2D eigenvalue weighted by atomic mass is 10.0. The Balaban J connectivity index is 0.00000341. The van der Waals surface area contributed by atoms with Crippen LogP contribution in [0, 0.1) is 0 Å². The smallest absolute Gasteiger partial charge is 0.191 e. The van der Waals surface area contributed by atoms with Gasteiger partial charge in [0, 0.05) is 31.5 Å². The molecule has 0 radical (unpaired) electrons.